The van der Waals surface area contributed by atoms with Gasteiger partial charge >= 0.3 is 0 Å². The lowest BCUT2D eigenvalue weighted by Crippen LogP contribution is -2.14. The van der Waals surface area contributed by atoms with Gasteiger partial charge in [-0.2, -0.15) is 0 Å². The van der Waals surface area contributed by atoms with Gasteiger partial charge in [0.25, 0.3) is 0 Å². The summed E-state index contributed by atoms with van der Waals surface area (Å²) in [6.45, 7) is 4.12. The molecular formula is C19H20FNO2S. The quantitative estimate of drug-likeness (QED) is 0.907. The maximum Gasteiger partial charge on any atom is 0.240 e. The number of allylic oxidation sites excluding steroid dienone is 2. The highest BCUT2D eigenvalue weighted by Gasteiger charge is 2.21. The number of nitrogens with two attached hydrogens (primary N) is 1. The van der Waals surface area contributed by atoms with Crippen LogP contribution in [0, 0.1) is 19.7 Å². The number of primary sulfonamides is 1. The summed E-state index contributed by atoms with van der Waals surface area (Å²) in [6, 6.07) is 10.6. The summed E-state index contributed by atoms with van der Waals surface area (Å²) in [7, 11) is -4.04. The Hall–Kier alpha value is -1.98. The molecule has 24 heavy (non-hydrogen) atoms. The van der Waals surface area contributed by atoms with Crippen LogP contribution in [-0.2, 0) is 10.0 Å². The molecule has 0 spiro atoms. The van der Waals surface area contributed by atoms with Crippen molar-refractivity contribution in [2.24, 2.45) is 5.14 Å². The molecule has 0 aromatic heterocycles. The van der Waals surface area contributed by atoms with Crippen LogP contribution >= 0.6 is 0 Å². The second kappa shape index (κ2) is 6.15. The van der Waals surface area contributed by atoms with E-state index < -0.39 is 20.7 Å². The van der Waals surface area contributed by atoms with E-state index in [4.69, 9.17) is 5.14 Å². The van der Waals surface area contributed by atoms with Crippen LogP contribution in [-0.4, -0.2) is 8.42 Å². The van der Waals surface area contributed by atoms with Gasteiger partial charge in [0.15, 0.2) is 0 Å². The van der Waals surface area contributed by atoms with Crippen molar-refractivity contribution in [3.8, 4) is 0 Å². The van der Waals surface area contributed by atoms with Crippen molar-refractivity contribution in [1.29, 1.82) is 0 Å². The number of aryl methyl sites for hydroxylation is 2. The molecular weight excluding hydrogens is 325 g/mol. The zero-order valence-corrected chi connectivity index (χ0v) is 14.6. The third-order valence-electron chi connectivity index (χ3n) is 4.37. The third-order valence-corrected chi connectivity index (χ3v) is 5.32. The van der Waals surface area contributed by atoms with Crippen molar-refractivity contribution in [3.63, 3.8) is 0 Å². The van der Waals surface area contributed by atoms with Gasteiger partial charge in [-0.3, -0.25) is 0 Å². The van der Waals surface area contributed by atoms with Gasteiger partial charge in [-0.25, -0.2) is 17.9 Å². The normalized spacial score (nSPS) is 15.2. The Morgan fingerprint density at radius 3 is 2.04 bits per heavy atom. The fourth-order valence-corrected chi connectivity index (χ4v) is 4.04. The standard InChI is InChI=1S/C19H20FNO2S/c1-12-8-13(2)10-15(9-12)17-5-3-4-16(17)14-6-7-19(18(20)11-14)24(21,22)23/h6-11H,3-5H2,1-2H3,(H2,21,22,23). The van der Waals surface area contributed by atoms with Crippen LogP contribution in [0.4, 0.5) is 4.39 Å². The van der Waals surface area contributed by atoms with Crippen LogP contribution in [0.5, 0.6) is 0 Å². The SMILES string of the molecule is Cc1cc(C)cc(C2=C(c3ccc(S(N)(=O)=O)c(F)c3)CCC2)c1. The Labute approximate surface area is 142 Å². The molecule has 0 saturated carbocycles. The second-order valence-electron chi connectivity index (χ2n) is 6.38. The highest BCUT2D eigenvalue weighted by molar-refractivity contribution is 7.89. The molecule has 1 aliphatic rings. The van der Waals surface area contributed by atoms with E-state index in [9.17, 15) is 12.8 Å². The van der Waals surface area contributed by atoms with Crippen molar-refractivity contribution in [2.45, 2.75) is 38.0 Å². The zero-order chi connectivity index (χ0) is 17.5. The molecule has 0 saturated heterocycles. The minimum atomic E-state index is -4.04. The van der Waals surface area contributed by atoms with Crippen molar-refractivity contribution in [2.75, 3.05) is 0 Å². The van der Waals surface area contributed by atoms with Gasteiger partial charge in [0.2, 0.25) is 10.0 Å². The fourth-order valence-electron chi connectivity index (χ4n) is 3.45. The van der Waals surface area contributed by atoms with E-state index in [1.165, 1.54) is 28.8 Å². The maximum atomic E-state index is 14.2. The van der Waals surface area contributed by atoms with Gasteiger partial charge in [0.05, 0.1) is 0 Å². The third kappa shape index (κ3) is 3.28. The predicted octanol–water partition coefficient (Wildman–Crippen LogP) is 4.18. The zero-order valence-electron chi connectivity index (χ0n) is 13.8. The van der Waals surface area contributed by atoms with Crippen LogP contribution in [0.1, 0.15) is 41.5 Å². The van der Waals surface area contributed by atoms with E-state index in [1.807, 2.05) is 0 Å². The largest absolute Gasteiger partial charge is 0.240 e. The molecule has 2 aromatic carbocycles. The van der Waals surface area contributed by atoms with Gasteiger partial charge in [-0.05, 0) is 67.5 Å². The number of hydrogen-bond donors (Lipinski definition) is 1. The molecule has 2 aromatic rings. The molecule has 0 amide bonds. The summed E-state index contributed by atoms with van der Waals surface area (Å²) >= 11 is 0. The minimum Gasteiger partial charge on any atom is -0.225 e. The summed E-state index contributed by atoms with van der Waals surface area (Å²) < 4.78 is 36.9. The average molecular weight is 345 g/mol. The topological polar surface area (TPSA) is 60.2 Å². The lowest BCUT2D eigenvalue weighted by atomic mass is 9.95. The summed E-state index contributed by atoms with van der Waals surface area (Å²) in [5.41, 5.74) is 6.57. The summed E-state index contributed by atoms with van der Waals surface area (Å²) in [5.74, 6) is -0.797. The Balaban J connectivity index is 2.11. The molecule has 3 nitrogen and oxygen atoms in total. The molecule has 126 valence electrons. The summed E-state index contributed by atoms with van der Waals surface area (Å²) in [5, 5.41) is 5.03. The van der Waals surface area contributed by atoms with Crippen LogP contribution in [0.15, 0.2) is 41.3 Å². The molecule has 0 unspecified atom stereocenters. The van der Waals surface area contributed by atoms with E-state index in [0.29, 0.717) is 0 Å². The number of hydrogen-bond acceptors (Lipinski definition) is 2. The van der Waals surface area contributed by atoms with Crippen molar-refractivity contribution in [3.05, 3.63) is 64.5 Å². The number of halogens is 1. The lowest BCUT2D eigenvalue weighted by molar-refractivity contribution is 0.568. The van der Waals surface area contributed by atoms with Gasteiger partial charge in [0, 0.05) is 0 Å². The smallest absolute Gasteiger partial charge is 0.225 e. The first-order valence-electron chi connectivity index (χ1n) is 7.89. The monoisotopic (exact) mass is 345 g/mol. The first-order chi connectivity index (χ1) is 11.3. The minimum absolute atomic E-state index is 0.460. The highest BCUT2D eigenvalue weighted by atomic mass is 32.2. The Morgan fingerprint density at radius 1 is 0.917 bits per heavy atom. The molecule has 0 fully saturated rings. The Morgan fingerprint density at radius 2 is 1.50 bits per heavy atom. The van der Waals surface area contributed by atoms with Crippen molar-refractivity contribution < 1.29 is 12.8 Å². The van der Waals surface area contributed by atoms with Crippen LogP contribution in [0.2, 0.25) is 0 Å². The Kier molecular flexibility index (Phi) is 4.32. The molecule has 2 N–H and O–H groups in total. The first kappa shape index (κ1) is 16.9. The highest BCUT2D eigenvalue weighted by Crippen LogP contribution is 2.40. The fraction of sp³-hybridized carbons (Fsp3) is 0.263. The van der Waals surface area contributed by atoms with E-state index >= 15 is 0 Å². The molecule has 0 heterocycles. The van der Waals surface area contributed by atoms with E-state index in [1.54, 1.807) is 6.07 Å². The van der Waals surface area contributed by atoms with Crippen LogP contribution in [0.3, 0.4) is 0 Å². The Bertz CT molecular complexity index is 926. The molecule has 0 radical (unpaired) electrons. The van der Waals surface area contributed by atoms with E-state index in [0.717, 1.165) is 36.0 Å². The lowest BCUT2D eigenvalue weighted by Gasteiger charge is -2.11. The molecule has 5 heteroatoms. The number of sulfonamides is 1. The number of benzene rings is 2. The van der Waals surface area contributed by atoms with Gasteiger partial charge in [0.1, 0.15) is 10.7 Å². The molecule has 0 bridgehead atoms. The van der Waals surface area contributed by atoms with Gasteiger partial charge in [-0.15, -0.1) is 0 Å². The van der Waals surface area contributed by atoms with Crippen molar-refractivity contribution >= 4 is 21.2 Å². The van der Waals surface area contributed by atoms with E-state index in [-0.39, 0.29) is 0 Å². The second-order valence-corrected chi connectivity index (χ2v) is 7.91. The first-order valence-corrected chi connectivity index (χ1v) is 9.44. The molecule has 3 rings (SSSR count). The molecule has 0 atom stereocenters. The molecule has 0 aliphatic heterocycles. The predicted molar refractivity (Wildman–Crippen MR) is 94.4 cm³/mol. The van der Waals surface area contributed by atoms with Gasteiger partial charge < -0.3 is 0 Å². The number of rotatable bonds is 3. The van der Waals surface area contributed by atoms with E-state index in [2.05, 4.69) is 32.0 Å². The van der Waals surface area contributed by atoms with Crippen LogP contribution < -0.4 is 5.14 Å². The van der Waals surface area contributed by atoms with Crippen LogP contribution in [0.25, 0.3) is 11.1 Å². The maximum absolute atomic E-state index is 14.2. The molecule has 1 aliphatic carbocycles. The van der Waals surface area contributed by atoms with Crippen molar-refractivity contribution in [1.82, 2.24) is 0 Å². The van der Waals surface area contributed by atoms with Gasteiger partial charge in [-0.1, -0.05) is 35.4 Å². The summed E-state index contributed by atoms with van der Waals surface area (Å²) in [4.78, 5) is -0.460. The average Bonchev–Trinajstić information content (AvgIpc) is 2.94. The summed E-state index contributed by atoms with van der Waals surface area (Å²) in [6.07, 6.45) is 2.81.